The van der Waals surface area contributed by atoms with E-state index in [9.17, 15) is 0 Å². The van der Waals surface area contributed by atoms with Crippen LogP contribution >= 0.6 is 0 Å². The molecule has 1 heterocycles. The molecule has 0 saturated heterocycles. The van der Waals surface area contributed by atoms with E-state index in [1.807, 2.05) is 48.5 Å². The first-order chi connectivity index (χ1) is 13.8. The Bertz CT molecular complexity index is 861. The minimum Gasteiger partial charge on any atom is -0.489 e. The first-order valence-electron chi connectivity index (χ1n) is 9.98. The highest BCUT2D eigenvalue weighted by atomic mass is 16.5. The third-order valence-electron chi connectivity index (χ3n) is 4.97. The van der Waals surface area contributed by atoms with Gasteiger partial charge >= 0.3 is 0 Å². The summed E-state index contributed by atoms with van der Waals surface area (Å²) in [6.45, 7) is 0.565. The van der Waals surface area contributed by atoms with Crippen LogP contribution in [0, 0.1) is 0 Å². The number of hydrogen-bond acceptors (Lipinski definition) is 5. The molecule has 0 unspecified atom stereocenters. The van der Waals surface area contributed by atoms with Crippen molar-refractivity contribution >= 4 is 17.5 Å². The van der Waals surface area contributed by atoms with Crippen molar-refractivity contribution in [1.82, 2.24) is 9.97 Å². The Labute approximate surface area is 166 Å². The number of hydrogen-bond donors (Lipinski definition) is 2. The second-order valence-corrected chi connectivity index (χ2v) is 7.17. The molecule has 5 heteroatoms. The van der Waals surface area contributed by atoms with Gasteiger partial charge in [-0.25, -0.2) is 4.98 Å². The summed E-state index contributed by atoms with van der Waals surface area (Å²) in [5.74, 6) is 2.32. The van der Waals surface area contributed by atoms with E-state index in [4.69, 9.17) is 4.74 Å². The highest BCUT2D eigenvalue weighted by molar-refractivity contribution is 5.57. The Balaban J connectivity index is 1.33. The van der Waals surface area contributed by atoms with Gasteiger partial charge < -0.3 is 15.4 Å². The van der Waals surface area contributed by atoms with Crippen LogP contribution in [0.2, 0.25) is 0 Å². The van der Waals surface area contributed by atoms with Crippen LogP contribution in [0.1, 0.15) is 37.7 Å². The zero-order valence-electron chi connectivity index (χ0n) is 16.0. The molecular formula is C23H26N4O. The maximum atomic E-state index is 5.84. The van der Waals surface area contributed by atoms with Gasteiger partial charge in [-0.2, -0.15) is 4.98 Å². The summed E-state index contributed by atoms with van der Waals surface area (Å²) in [5, 5.41) is 6.80. The molecule has 1 aliphatic rings. The van der Waals surface area contributed by atoms with Gasteiger partial charge in [-0.1, -0.05) is 49.6 Å². The summed E-state index contributed by atoms with van der Waals surface area (Å²) in [7, 11) is 0. The fourth-order valence-corrected chi connectivity index (χ4v) is 3.45. The predicted molar refractivity (Wildman–Crippen MR) is 113 cm³/mol. The van der Waals surface area contributed by atoms with E-state index in [0.717, 1.165) is 22.8 Å². The van der Waals surface area contributed by atoms with Gasteiger partial charge in [0.15, 0.2) is 0 Å². The van der Waals surface area contributed by atoms with Crippen molar-refractivity contribution in [2.24, 2.45) is 0 Å². The van der Waals surface area contributed by atoms with E-state index in [1.165, 1.54) is 32.1 Å². The minimum absolute atomic E-state index is 0.491. The quantitative estimate of drug-likeness (QED) is 0.568. The lowest BCUT2D eigenvalue weighted by Gasteiger charge is -2.22. The largest absolute Gasteiger partial charge is 0.489 e. The molecule has 2 aromatic carbocycles. The molecule has 4 rings (SSSR count). The molecule has 5 nitrogen and oxygen atoms in total. The fourth-order valence-electron chi connectivity index (χ4n) is 3.45. The molecular weight excluding hydrogens is 348 g/mol. The summed E-state index contributed by atoms with van der Waals surface area (Å²) >= 11 is 0. The van der Waals surface area contributed by atoms with Crippen LogP contribution in [-0.2, 0) is 6.61 Å². The van der Waals surface area contributed by atoms with E-state index in [2.05, 4.69) is 32.7 Å². The SMILES string of the molecule is c1ccc(COc2ccc(Nc3ccnc(NC4CCCCC4)n3)cc2)cc1. The Hall–Kier alpha value is -3.08. The Morgan fingerprint density at radius 1 is 0.893 bits per heavy atom. The summed E-state index contributed by atoms with van der Waals surface area (Å²) < 4.78 is 5.84. The van der Waals surface area contributed by atoms with E-state index >= 15 is 0 Å². The normalized spacial score (nSPS) is 14.4. The van der Waals surface area contributed by atoms with Crippen LogP contribution in [0.5, 0.6) is 5.75 Å². The van der Waals surface area contributed by atoms with Crippen molar-refractivity contribution in [3.05, 3.63) is 72.4 Å². The van der Waals surface area contributed by atoms with Crippen molar-refractivity contribution in [3.8, 4) is 5.75 Å². The van der Waals surface area contributed by atoms with Crippen LogP contribution in [0.3, 0.4) is 0 Å². The van der Waals surface area contributed by atoms with Crippen molar-refractivity contribution in [2.45, 2.75) is 44.8 Å². The molecule has 3 aromatic rings. The molecule has 1 fully saturated rings. The monoisotopic (exact) mass is 374 g/mol. The molecule has 1 aromatic heterocycles. The average Bonchev–Trinajstić information content (AvgIpc) is 2.75. The second kappa shape index (κ2) is 9.22. The lowest BCUT2D eigenvalue weighted by Crippen LogP contribution is -2.23. The molecule has 1 aliphatic carbocycles. The molecule has 0 bridgehead atoms. The van der Waals surface area contributed by atoms with Crippen molar-refractivity contribution < 1.29 is 4.74 Å². The number of ether oxygens (including phenoxy) is 1. The predicted octanol–water partition coefficient (Wildman–Crippen LogP) is 5.54. The van der Waals surface area contributed by atoms with Crippen LogP contribution in [0.15, 0.2) is 66.9 Å². The van der Waals surface area contributed by atoms with Crippen molar-refractivity contribution in [2.75, 3.05) is 10.6 Å². The highest BCUT2D eigenvalue weighted by Crippen LogP contribution is 2.22. The van der Waals surface area contributed by atoms with E-state index in [0.29, 0.717) is 18.6 Å². The van der Waals surface area contributed by atoms with E-state index in [1.54, 1.807) is 6.20 Å². The van der Waals surface area contributed by atoms with Crippen LogP contribution in [0.25, 0.3) is 0 Å². The molecule has 0 amide bonds. The first kappa shape index (κ1) is 18.3. The van der Waals surface area contributed by atoms with Crippen molar-refractivity contribution in [3.63, 3.8) is 0 Å². The molecule has 0 radical (unpaired) electrons. The third-order valence-corrected chi connectivity index (χ3v) is 4.97. The number of nitrogens with zero attached hydrogens (tertiary/aromatic N) is 2. The van der Waals surface area contributed by atoms with Crippen LogP contribution in [-0.4, -0.2) is 16.0 Å². The number of nitrogens with one attached hydrogen (secondary N) is 2. The van der Waals surface area contributed by atoms with Crippen LogP contribution in [0.4, 0.5) is 17.5 Å². The number of anilines is 3. The smallest absolute Gasteiger partial charge is 0.224 e. The standard InChI is InChI=1S/C23H26N4O/c1-3-7-18(8-4-1)17-28-21-13-11-20(12-14-21)25-22-15-16-24-23(27-22)26-19-9-5-2-6-10-19/h1,3-4,7-8,11-16,19H,2,5-6,9-10,17H2,(H2,24,25,26,27). The average molecular weight is 374 g/mol. The summed E-state index contributed by atoms with van der Waals surface area (Å²) in [4.78, 5) is 8.96. The van der Waals surface area contributed by atoms with Crippen molar-refractivity contribution in [1.29, 1.82) is 0 Å². The summed E-state index contributed by atoms with van der Waals surface area (Å²) in [6, 6.07) is 20.5. The zero-order chi connectivity index (χ0) is 19.0. The Kier molecular flexibility index (Phi) is 6.02. The minimum atomic E-state index is 0.491. The third kappa shape index (κ3) is 5.22. The van der Waals surface area contributed by atoms with Crippen LogP contribution < -0.4 is 15.4 Å². The maximum absolute atomic E-state index is 5.84. The number of benzene rings is 2. The van der Waals surface area contributed by atoms with Gasteiger partial charge in [-0.05, 0) is 48.7 Å². The fraction of sp³-hybridized carbons (Fsp3) is 0.304. The topological polar surface area (TPSA) is 59.1 Å². The molecule has 1 saturated carbocycles. The van der Waals surface area contributed by atoms with Gasteiger partial charge in [0, 0.05) is 17.9 Å². The van der Waals surface area contributed by atoms with Gasteiger partial charge in [0.05, 0.1) is 0 Å². The number of aromatic nitrogens is 2. The van der Waals surface area contributed by atoms with Gasteiger partial charge in [0.2, 0.25) is 5.95 Å². The lowest BCUT2D eigenvalue weighted by molar-refractivity contribution is 0.306. The zero-order valence-corrected chi connectivity index (χ0v) is 16.0. The molecule has 28 heavy (non-hydrogen) atoms. The van der Waals surface area contributed by atoms with E-state index < -0.39 is 0 Å². The Morgan fingerprint density at radius 2 is 1.68 bits per heavy atom. The molecule has 0 atom stereocenters. The second-order valence-electron chi connectivity index (χ2n) is 7.17. The highest BCUT2D eigenvalue weighted by Gasteiger charge is 2.14. The van der Waals surface area contributed by atoms with E-state index in [-0.39, 0.29) is 0 Å². The van der Waals surface area contributed by atoms with Gasteiger partial charge in [-0.3, -0.25) is 0 Å². The summed E-state index contributed by atoms with van der Waals surface area (Å²) in [6.07, 6.45) is 8.10. The van der Waals surface area contributed by atoms with Gasteiger partial charge in [-0.15, -0.1) is 0 Å². The molecule has 0 aliphatic heterocycles. The number of rotatable bonds is 7. The summed E-state index contributed by atoms with van der Waals surface area (Å²) in [5.41, 5.74) is 2.12. The lowest BCUT2D eigenvalue weighted by atomic mass is 9.96. The molecule has 0 spiro atoms. The molecule has 144 valence electrons. The maximum Gasteiger partial charge on any atom is 0.224 e. The Morgan fingerprint density at radius 3 is 2.46 bits per heavy atom. The first-order valence-corrected chi connectivity index (χ1v) is 9.98. The molecule has 2 N–H and O–H groups in total. The van der Waals surface area contributed by atoms with Gasteiger partial charge in [0.1, 0.15) is 18.2 Å². The van der Waals surface area contributed by atoms with Gasteiger partial charge in [0.25, 0.3) is 0 Å².